The van der Waals surface area contributed by atoms with E-state index in [9.17, 15) is 0 Å². The minimum Gasteiger partial charge on any atom is -0.493 e. The molecule has 0 aliphatic carbocycles. The first-order valence-electron chi connectivity index (χ1n) is 5.89. The number of rotatable bonds is 7. The van der Waals surface area contributed by atoms with E-state index < -0.39 is 0 Å². The first-order valence-corrected chi connectivity index (χ1v) is 5.89. The van der Waals surface area contributed by atoms with Crippen LogP contribution in [0.4, 0.5) is 0 Å². The molecular weight excluding hydrogens is 216 g/mol. The number of nitrogens with zero attached hydrogens (tertiary/aromatic N) is 1. The average Bonchev–Trinajstić information content (AvgIpc) is 2.31. The second-order valence-corrected chi connectivity index (χ2v) is 3.94. The van der Waals surface area contributed by atoms with E-state index in [0.717, 1.165) is 24.6 Å². The number of ether oxygens (including phenoxy) is 2. The molecule has 0 radical (unpaired) electrons. The van der Waals surface area contributed by atoms with Crippen LogP contribution in [0.15, 0.2) is 18.2 Å². The van der Waals surface area contributed by atoms with Crippen molar-refractivity contribution in [2.45, 2.75) is 13.5 Å². The van der Waals surface area contributed by atoms with Crippen molar-refractivity contribution < 1.29 is 9.47 Å². The van der Waals surface area contributed by atoms with Gasteiger partial charge in [-0.15, -0.1) is 0 Å². The van der Waals surface area contributed by atoms with Gasteiger partial charge in [-0.3, -0.25) is 0 Å². The van der Waals surface area contributed by atoms with Crippen LogP contribution in [0.3, 0.4) is 0 Å². The lowest BCUT2D eigenvalue weighted by molar-refractivity contribution is 0.308. The Bertz CT molecular complexity index is 342. The normalized spacial score (nSPS) is 10.6. The molecular formula is C13H22N2O2. The molecule has 17 heavy (non-hydrogen) atoms. The van der Waals surface area contributed by atoms with Crippen LogP contribution in [0.25, 0.3) is 0 Å². The van der Waals surface area contributed by atoms with Gasteiger partial charge in [-0.1, -0.05) is 6.07 Å². The summed E-state index contributed by atoms with van der Waals surface area (Å²) in [5.41, 5.74) is 6.71. The van der Waals surface area contributed by atoms with Crippen LogP contribution < -0.4 is 15.2 Å². The Morgan fingerprint density at radius 1 is 1.29 bits per heavy atom. The van der Waals surface area contributed by atoms with Crippen molar-refractivity contribution in [2.24, 2.45) is 5.73 Å². The lowest BCUT2D eigenvalue weighted by Crippen LogP contribution is -2.24. The SMILES string of the molecule is CCOc1ccc(CN(C)CCN)cc1OC. The van der Waals surface area contributed by atoms with Crippen molar-refractivity contribution in [3.63, 3.8) is 0 Å². The summed E-state index contributed by atoms with van der Waals surface area (Å²) in [6, 6.07) is 6.02. The second kappa shape index (κ2) is 7.14. The number of benzene rings is 1. The maximum Gasteiger partial charge on any atom is 0.161 e. The van der Waals surface area contributed by atoms with Gasteiger partial charge >= 0.3 is 0 Å². The summed E-state index contributed by atoms with van der Waals surface area (Å²) < 4.78 is 10.8. The number of methoxy groups -OCH3 is 1. The molecule has 0 amide bonds. The summed E-state index contributed by atoms with van der Waals surface area (Å²) in [4.78, 5) is 2.18. The van der Waals surface area contributed by atoms with E-state index in [1.807, 2.05) is 19.1 Å². The van der Waals surface area contributed by atoms with Gasteiger partial charge in [0.1, 0.15) is 0 Å². The fourth-order valence-corrected chi connectivity index (χ4v) is 1.70. The summed E-state index contributed by atoms with van der Waals surface area (Å²) in [5, 5.41) is 0. The molecule has 0 bridgehead atoms. The monoisotopic (exact) mass is 238 g/mol. The Labute approximate surface area is 103 Å². The molecule has 0 aliphatic heterocycles. The first kappa shape index (κ1) is 13.8. The average molecular weight is 238 g/mol. The van der Waals surface area contributed by atoms with Gasteiger partial charge in [0.05, 0.1) is 13.7 Å². The predicted octanol–water partition coefficient (Wildman–Crippen LogP) is 1.48. The first-order chi connectivity index (χ1) is 8.21. The molecule has 4 nitrogen and oxygen atoms in total. The molecule has 0 aliphatic rings. The van der Waals surface area contributed by atoms with Gasteiger partial charge in [0.2, 0.25) is 0 Å². The summed E-state index contributed by atoms with van der Waals surface area (Å²) in [5.74, 6) is 1.57. The molecule has 1 aromatic carbocycles. The number of likely N-dealkylation sites (N-methyl/N-ethyl adjacent to an activating group) is 1. The molecule has 0 saturated heterocycles. The number of hydrogen-bond acceptors (Lipinski definition) is 4. The zero-order chi connectivity index (χ0) is 12.7. The summed E-state index contributed by atoms with van der Waals surface area (Å²) in [6.07, 6.45) is 0. The third kappa shape index (κ3) is 4.24. The van der Waals surface area contributed by atoms with Gasteiger partial charge in [0.25, 0.3) is 0 Å². The molecule has 0 spiro atoms. The fourth-order valence-electron chi connectivity index (χ4n) is 1.70. The highest BCUT2D eigenvalue weighted by Crippen LogP contribution is 2.28. The smallest absolute Gasteiger partial charge is 0.161 e. The third-order valence-corrected chi connectivity index (χ3v) is 2.49. The van der Waals surface area contributed by atoms with E-state index in [-0.39, 0.29) is 0 Å². The van der Waals surface area contributed by atoms with Gasteiger partial charge < -0.3 is 20.1 Å². The van der Waals surface area contributed by atoms with E-state index >= 15 is 0 Å². The molecule has 2 N–H and O–H groups in total. The standard InChI is InChI=1S/C13H22N2O2/c1-4-17-12-6-5-11(9-13(12)16-3)10-15(2)8-7-14/h5-6,9H,4,7-8,10,14H2,1-3H3. The fraction of sp³-hybridized carbons (Fsp3) is 0.538. The van der Waals surface area contributed by atoms with E-state index in [4.69, 9.17) is 15.2 Å². The molecule has 0 unspecified atom stereocenters. The molecule has 0 fully saturated rings. The van der Waals surface area contributed by atoms with Crippen LogP contribution in [0.5, 0.6) is 11.5 Å². The Morgan fingerprint density at radius 2 is 2.06 bits per heavy atom. The Morgan fingerprint density at radius 3 is 2.65 bits per heavy atom. The minimum absolute atomic E-state index is 0.642. The van der Waals surface area contributed by atoms with Crippen LogP contribution in [0.2, 0.25) is 0 Å². The predicted molar refractivity (Wildman–Crippen MR) is 69.6 cm³/mol. The number of nitrogens with two attached hydrogens (primary N) is 1. The van der Waals surface area contributed by atoms with Crippen molar-refractivity contribution in [3.8, 4) is 11.5 Å². The Hall–Kier alpha value is -1.26. The van der Waals surface area contributed by atoms with Gasteiger partial charge in [0, 0.05) is 19.6 Å². The zero-order valence-corrected chi connectivity index (χ0v) is 10.9. The molecule has 1 aromatic rings. The molecule has 1 rings (SSSR count). The molecule has 96 valence electrons. The lowest BCUT2D eigenvalue weighted by atomic mass is 10.2. The number of hydrogen-bond donors (Lipinski definition) is 1. The minimum atomic E-state index is 0.642. The lowest BCUT2D eigenvalue weighted by Gasteiger charge is -2.17. The van der Waals surface area contributed by atoms with Crippen LogP contribution >= 0.6 is 0 Å². The topological polar surface area (TPSA) is 47.7 Å². The summed E-state index contributed by atoms with van der Waals surface area (Å²) in [7, 11) is 3.71. The molecule has 0 heterocycles. The Balaban J connectivity index is 2.74. The second-order valence-electron chi connectivity index (χ2n) is 3.94. The van der Waals surface area contributed by atoms with Gasteiger partial charge in [-0.25, -0.2) is 0 Å². The highest BCUT2D eigenvalue weighted by atomic mass is 16.5. The molecule has 0 saturated carbocycles. The maximum absolute atomic E-state index is 5.52. The highest BCUT2D eigenvalue weighted by Gasteiger charge is 2.06. The van der Waals surface area contributed by atoms with Crippen molar-refractivity contribution in [1.82, 2.24) is 4.90 Å². The van der Waals surface area contributed by atoms with E-state index in [0.29, 0.717) is 13.2 Å². The van der Waals surface area contributed by atoms with Gasteiger partial charge in [-0.05, 0) is 31.7 Å². The third-order valence-electron chi connectivity index (χ3n) is 2.49. The van der Waals surface area contributed by atoms with E-state index in [1.54, 1.807) is 7.11 Å². The van der Waals surface area contributed by atoms with Gasteiger partial charge in [-0.2, -0.15) is 0 Å². The van der Waals surface area contributed by atoms with Crippen molar-refractivity contribution in [2.75, 3.05) is 33.9 Å². The van der Waals surface area contributed by atoms with Crippen molar-refractivity contribution >= 4 is 0 Å². The summed E-state index contributed by atoms with van der Waals surface area (Å²) >= 11 is 0. The largest absolute Gasteiger partial charge is 0.493 e. The van der Waals surface area contributed by atoms with Crippen LogP contribution in [-0.4, -0.2) is 38.8 Å². The van der Waals surface area contributed by atoms with Crippen LogP contribution in [-0.2, 0) is 6.54 Å². The van der Waals surface area contributed by atoms with Gasteiger partial charge in [0.15, 0.2) is 11.5 Å². The molecule has 0 aromatic heterocycles. The maximum atomic E-state index is 5.52. The van der Waals surface area contributed by atoms with E-state index in [2.05, 4.69) is 18.0 Å². The summed E-state index contributed by atoms with van der Waals surface area (Å²) in [6.45, 7) is 5.02. The van der Waals surface area contributed by atoms with E-state index in [1.165, 1.54) is 5.56 Å². The van der Waals surface area contributed by atoms with Crippen molar-refractivity contribution in [3.05, 3.63) is 23.8 Å². The van der Waals surface area contributed by atoms with Crippen LogP contribution in [0.1, 0.15) is 12.5 Å². The van der Waals surface area contributed by atoms with Crippen LogP contribution in [0, 0.1) is 0 Å². The highest BCUT2D eigenvalue weighted by molar-refractivity contribution is 5.42. The zero-order valence-electron chi connectivity index (χ0n) is 10.9. The Kier molecular flexibility index (Phi) is 5.80. The quantitative estimate of drug-likeness (QED) is 0.781. The molecule has 4 heteroatoms. The van der Waals surface area contributed by atoms with Crippen molar-refractivity contribution in [1.29, 1.82) is 0 Å². The molecule has 0 atom stereocenters.